The van der Waals surface area contributed by atoms with Crippen molar-refractivity contribution < 1.29 is 83.9 Å². The Balaban J connectivity index is 1.41. The van der Waals surface area contributed by atoms with Crippen LogP contribution in [0.2, 0.25) is 0 Å². The van der Waals surface area contributed by atoms with Crippen molar-refractivity contribution in [3.8, 4) is 0 Å². The Morgan fingerprint density at radius 2 is 1.02 bits per heavy atom. The lowest BCUT2D eigenvalue weighted by Gasteiger charge is -2.49. The maximum Gasteiger partial charge on any atom is 0.187 e. The minimum Gasteiger partial charge on any atom is -0.394 e. The molecule has 19 unspecified atom stereocenters. The molecule has 258 valence electrons. The lowest BCUT2D eigenvalue weighted by molar-refractivity contribution is -0.382. The molecule has 17 nitrogen and oxygen atoms in total. The average Bonchev–Trinajstić information content (AvgIpc) is 3.02. The Kier molecular flexibility index (Phi) is 12.7. The van der Waals surface area contributed by atoms with E-state index in [0.29, 0.717) is 6.42 Å². The van der Waals surface area contributed by atoms with Crippen LogP contribution in [-0.2, 0) is 37.9 Å². The molecule has 0 radical (unpaired) electrons. The smallest absolute Gasteiger partial charge is 0.187 e. The fourth-order valence-electron chi connectivity index (χ4n) is 6.07. The highest BCUT2D eigenvalue weighted by Crippen LogP contribution is 2.35. The molecular weight excluding hydrogens is 596 g/mol. The van der Waals surface area contributed by atoms with Crippen molar-refractivity contribution in [2.45, 2.75) is 144 Å². The standard InChI is InChI=1S/C27H48O17/c1-5-10-9(3)14(29)18(33)26(39-10)44-23-12(7-28)41-27(21(36)17(23)32)43-22-11(6-2)40-25(20(35)16(22)31)42-13-8-38-24(37-4)19(34)15(13)30/h9-36H,5-8H2,1-4H3. The molecule has 0 aromatic carbocycles. The molecule has 19 atom stereocenters. The first-order valence-corrected chi connectivity index (χ1v) is 15.0. The summed E-state index contributed by atoms with van der Waals surface area (Å²) in [4.78, 5) is 0. The molecule has 17 heteroatoms. The van der Waals surface area contributed by atoms with E-state index >= 15 is 0 Å². The van der Waals surface area contributed by atoms with Gasteiger partial charge in [0.15, 0.2) is 25.2 Å². The SMILES string of the molecule is CCC1OC(OC2C(CO)OC(OC3C(CC)OC(OC4COC(OC)C(O)C4O)C(O)C3O)C(O)C2O)C(O)C(O)C1C. The van der Waals surface area contributed by atoms with E-state index in [0.717, 1.165) is 0 Å². The maximum absolute atomic E-state index is 11.0. The Hall–Kier alpha value is -0.680. The molecule has 0 spiro atoms. The van der Waals surface area contributed by atoms with Gasteiger partial charge in [-0.1, -0.05) is 20.8 Å². The predicted molar refractivity (Wildman–Crippen MR) is 142 cm³/mol. The summed E-state index contributed by atoms with van der Waals surface area (Å²) in [6.07, 6.45) is -24.0. The Morgan fingerprint density at radius 1 is 0.568 bits per heavy atom. The fraction of sp³-hybridized carbons (Fsp3) is 1.00. The van der Waals surface area contributed by atoms with Crippen LogP contribution in [0.5, 0.6) is 0 Å². The van der Waals surface area contributed by atoms with Gasteiger partial charge in [-0.15, -0.1) is 0 Å². The highest BCUT2D eigenvalue weighted by molar-refractivity contribution is 4.96. The average molecular weight is 645 g/mol. The number of rotatable bonds is 10. The molecule has 0 amide bonds. The van der Waals surface area contributed by atoms with Crippen LogP contribution in [-0.4, -0.2) is 177 Å². The van der Waals surface area contributed by atoms with Gasteiger partial charge >= 0.3 is 0 Å². The number of hydrogen-bond acceptors (Lipinski definition) is 17. The molecule has 0 aromatic rings. The second-order valence-corrected chi connectivity index (χ2v) is 11.7. The van der Waals surface area contributed by atoms with Crippen molar-refractivity contribution in [3.63, 3.8) is 0 Å². The molecule has 0 bridgehead atoms. The van der Waals surface area contributed by atoms with Crippen molar-refractivity contribution in [1.29, 1.82) is 0 Å². The van der Waals surface area contributed by atoms with Gasteiger partial charge in [0.1, 0.15) is 67.1 Å². The molecule has 4 heterocycles. The monoisotopic (exact) mass is 644 g/mol. The van der Waals surface area contributed by atoms with Crippen LogP contribution in [0.3, 0.4) is 0 Å². The van der Waals surface area contributed by atoms with Gasteiger partial charge < -0.3 is 83.9 Å². The molecule has 4 aliphatic heterocycles. The molecule has 4 saturated heterocycles. The predicted octanol–water partition coefficient (Wildman–Crippen LogP) is -4.34. The summed E-state index contributed by atoms with van der Waals surface area (Å²) in [6.45, 7) is 4.31. The highest BCUT2D eigenvalue weighted by Gasteiger charge is 2.53. The van der Waals surface area contributed by atoms with E-state index in [2.05, 4.69) is 0 Å². The van der Waals surface area contributed by atoms with Crippen molar-refractivity contribution in [3.05, 3.63) is 0 Å². The Morgan fingerprint density at radius 3 is 1.55 bits per heavy atom. The van der Waals surface area contributed by atoms with Crippen LogP contribution in [0.25, 0.3) is 0 Å². The van der Waals surface area contributed by atoms with Crippen LogP contribution in [0.4, 0.5) is 0 Å². The van der Waals surface area contributed by atoms with Gasteiger partial charge in [0.05, 0.1) is 31.5 Å². The Bertz CT molecular complexity index is 879. The van der Waals surface area contributed by atoms with E-state index in [1.807, 2.05) is 6.92 Å². The first-order chi connectivity index (χ1) is 20.9. The molecule has 4 rings (SSSR count). The number of hydrogen-bond donors (Lipinski definition) is 9. The van der Waals surface area contributed by atoms with Crippen molar-refractivity contribution >= 4 is 0 Å². The van der Waals surface area contributed by atoms with E-state index < -0.39 is 123 Å². The lowest BCUT2D eigenvalue weighted by Crippen LogP contribution is -2.66. The largest absolute Gasteiger partial charge is 0.394 e. The quantitative estimate of drug-likeness (QED) is 0.109. The lowest BCUT2D eigenvalue weighted by atomic mass is 9.89. The fourth-order valence-corrected chi connectivity index (χ4v) is 6.07. The minimum absolute atomic E-state index is 0.206. The molecule has 0 saturated carbocycles. The van der Waals surface area contributed by atoms with Gasteiger partial charge in [0.25, 0.3) is 0 Å². The highest BCUT2D eigenvalue weighted by atomic mass is 16.8. The number of methoxy groups -OCH3 is 1. The van der Waals surface area contributed by atoms with Crippen LogP contribution < -0.4 is 0 Å². The first-order valence-electron chi connectivity index (χ1n) is 15.0. The van der Waals surface area contributed by atoms with E-state index in [1.54, 1.807) is 13.8 Å². The number of aliphatic hydroxyl groups excluding tert-OH is 9. The molecule has 0 aliphatic carbocycles. The molecule has 4 aliphatic rings. The van der Waals surface area contributed by atoms with E-state index in [4.69, 9.17) is 37.9 Å². The summed E-state index contributed by atoms with van der Waals surface area (Å²) in [5.74, 6) is -0.397. The van der Waals surface area contributed by atoms with Crippen molar-refractivity contribution in [2.75, 3.05) is 20.3 Å². The molecule has 9 N–H and O–H groups in total. The van der Waals surface area contributed by atoms with Gasteiger partial charge in [-0.2, -0.15) is 0 Å². The Labute approximate surface area is 254 Å². The minimum atomic E-state index is -1.80. The van der Waals surface area contributed by atoms with E-state index in [-0.39, 0.29) is 13.0 Å². The molecule has 44 heavy (non-hydrogen) atoms. The third kappa shape index (κ3) is 7.24. The topological polar surface area (TPSA) is 256 Å². The van der Waals surface area contributed by atoms with E-state index in [1.165, 1.54) is 7.11 Å². The third-order valence-corrected chi connectivity index (χ3v) is 8.89. The summed E-state index contributed by atoms with van der Waals surface area (Å²) in [7, 11) is 1.29. The van der Waals surface area contributed by atoms with Gasteiger partial charge in [-0.25, -0.2) is 0 Å². The zero-order chi connectivity index (χ0) is 32.5. The second-order valence-electron chi connectivity index (χ2n) is 11.7. The maximum atomic E-state index is 11.0. The second kappa shape index (κ2) is 15.5. The number of ether oxygens (including phenoxy) is 8. The summed E-state index contributed by atoms with van der Waals surface area (Å²) in [6, 6.07) is 0. The zero-order valence-corrected chi connectivity index (χ0v) is 25.1. The van der Waals surface area contributed by atoms with Crippen molar-refractivity contribution in [2.24, 2.45) is 5.92 Å². The zero-order valence-electron chi connectivity index (χ0n) is 25.1. The first kappa shape index (κ1) is 36.2. The normalized spacial score (nSPS) is 52.2. The van der Waals surface area contributed by atoms with Gasteiger partial charge in [0, 0.05) is 13.0 Å². The van der Waals surface area contributed by atoms with Gasteiger partial charge in [-0.05, 0) is 12.8 Å². The van der Waals surface area contributed by atoms with Crippen LogP contribution in [0.1, 0.15) is 33.6 Å². The van der Waals surface area contributed by atoms with Crippen LogP contribution >= 0.6 is 0 Å². The molecule has 0 aromatic heterocycles. The molecular formula is C27H48O17. The van der Waals surface area contributed by atoms with Crippen LogP contribution in [0, 0.1) is 5.92 Å². The summed E-state index contributed by atoms with van der Waals surface area (Å²) < 4.78 is 44.8. The van der Waals surface area contributed by atoms with Crippen molar-refractivity contribution in [1.82, 2.24) is 0 Å². The third-order valence-electron chi connectivity index (χ3n) is 8.89. The van der Waals surface area contributed by atoms with Crippen LogP contribution in [0.15, 0.2) is 0 Å². The van der Waals surface area contributed by atoms with E-state index in [9.17, 15) is 46.0 Å². The molecule has 4 fully saturated rings. The summed E-state index contributed by atoms with van der Waals surface area (Å²) in [5.41, 5.74) is 0. The summed E-state index contributed by atoms with van der Waals surface area (Å²) in [5, 5.41) is 95.3. The summed E-state index contributed by atoms with van der Waals surface area (Å²) >= 11 is 0. The van der Waals surface area contributed by atoms with Gasteiger partial charge in [0.2, 0.25) is 0 Å². The van der Waals surface area contributed by atoms with Gasteiger partial charge in [-0.3, -0.25) is 0 Å². The number of aliphatic hydroxyl groups is 9.